The Kier molecular flexibility index (Phi) is 3.28. The minimum Gasteiger partial charge on any atom is -0.478 e. The van der Waals surface area contributed by atoms with Gasteiger partial charge >= 0.3 is 5.97 Å². The van der Waals surface area contributed by atoms with Crippen LogP contribution < -0.4 is 5.56 Å². The molecule has 0 fully saturated rings. The first-order valence-corrected chi connectivity index (χ1v) is 6.55. The highest BCUT2D eigenvalue weighted by atomic mass is 16.4. The molecule has 21 heavy (non-hydrogen) atoms. The summed E-state index contributed by atoms with van der Waals surface area (Å²) in [5, 5.41) is 11.1. The number of carboxylic acid groups (broad SMARTS) is 1. The zero-order valence-corrected chi connectivity index (χ0v) is 11.2. The van der Waals surface area contributed by atoms with E-state index in [-0.39, 0.29) is 11.1 Å². The van der Waals surface area contributed by atoms with Crippen molar-refractivity contribution < 1.29 is 9.90 Å². The van der Waals surface area contributed by atoms with E-state index < -0.39 is 5.97 Å². The molecule has 0 atom stereocenters. The van der Waals surface area contributed by atoms with E-state index in [0.717, 1.165) is 22.4 Å². The van der Waals surface area contributed by atoms with Crippen LogP contribution in [0, 0.1) is 0 Å². The summed E-state index contributed by atoms with van der Waals surface area (Å²) in [6.45, 7) is 0.417. The van der Waals surface area contributed by atoms with Gasteiger partial charge in [-0.25, -0.2) is 4.79 Å². The molecule has 1 N–H and O–H groups in total. The van der Waals surface area contributed by atoms with Crippen molar-refractivity contribution in [3.63, 3.8) is 0 Å². The number of carboxylic acids is 1. The normalized spacial score (nSPS) is 10.7. The van der Waals surface area contributed by atoms with Crippen LogP contribution in [0.15, 0.2) is 65.6 Å². The average Bonchev–Trinajstić information content (AvgIpc) is 2.49. The van der Waals surface area contributed by atoms with Crippen LogP contribution in [0.4, 0.5) is 0 Å². The highest BCUT2D eigenvalue weighted by Crippen LogP contribution is 2.18. The second kappa shape index (κ2) is 5.25. The maximum Gasteiger partial charge on any atom is 0.335 e. The number of carbonyl (C=O) groups is 1. The molecule has 0 unspecified atom stereocenters. The molecule has 0 saturated heterocycles. The quantitative estimate of drug-likeness (QED) is 0.802. The summed E-state index contributed by atoms with van der Waals surface area (Å²) in [7, 11) is 0. The van der Waals surface area contributed by atoms with E-state index in [9.17, 15) is 9.59 Å². The van der Waals surface area contributed by atoms with E-state index in [1.54, 1.807) is 0 Å². The Hall–Kier alpha value is -2.88. The van der Waals surface area contributed by atoms with Crippen molar-refractivity contribution in [1.82, 2.24) is 4.57 Å². The van der Waals surface area contributed by atoms with E-state index in [1.165, 1.54) is 16.8 Å². The Morgan fingerprint density at radius 3 is 2.57 bits per heavy atom. The minimum atomic E-state index is -1.09. The zero-order chi connectivity index (χ0) is 14.8. The lowest BCUT2D eigenvalue weighted by Crippen LogP contribution is -2.20. The van der Waals surface area contributed by atoms with Gasteiger partial charge in [-0.05, 0) is 22.4 Å². The minimum absolute atomic E-state index is 0.00849. The summed E-state index contributed by atoms with van der Waals surface area (Å²) in [4.78, 5) is 22.8. The van der Waals surface area contributed by atoms with E-state index in [4.69, 9.17) is 5.11 Å². The van der Waals surface area contributed by atoms with E-state index >= 15 is 0 Å². The fourth-order valence-corrected chi connectivity index (χ4v) is 2.39. The molecule has 0 saturated carbocycles. The van der Waals surface area contributed by atoms with E-state index in [0.29, 0.717) is 6.54 Å². The molecule has 0 spiro atoms. The monoisotopic (exact) mass is 279 g/mol. The first kappa shape index (κ1) is 13.1. The molecule has 3 rings (SSSR count). The molecule has 1 aromatic heterocycles. The number of hydrogen-bond acceptors (Lipinski definition) is 2. The van der Waals surface area contributed by atoms with Crippen LogP contribution in [0.5, 0.6) is 0 Å². The summed E-state index contributed by atoms with van der Waals surface area (Å²) in [5.41, 5.74) is 0.718. The third kappa shape index (κ3) is 2.56. The van der Waals surface area contributed by atoms with E-state index in [2.05, 4.69) is 0 Å². The van der Waals surface area contributed by atoms with Gasteiger partial charge < -0.3 is 9.67 Å². The first-order chi connectivity index (χ1) is 10.1. The average molecular weight is 279 g/mol. The van der Waals surface area contributed by atoms with Crippen molar-refractivity contribution in [2.45, 2.75) is 6.54 Å². The van der Waals surface area contributed by atoms with Gasteiger partial charge in [-0.2, -0.15) is 0 Å². The molecule has 0 aliphatic heterocycles. The van der Waals surface area contributed by atoms with Gasteiger partial charge in [-0.15, -0.1) is 0 Å². The SMILES string of the molecule is O=C(O)c1ccn(Cc2cccc3ccccc23)c(=O)c1. The van der Waals surface area contributed by atoms with Crippen molar-refractivity contribution >= 4 is 16.7 Å². The van der Waals surface area contributed by atoms with Gasteiger partial charge in [0.1, 0.15) is 0 Å². The Bertz CT molecular complexity index is 875. The number of pyridine rings is 1. The maximum atomic E-state index is 12.0. The molecule has 0 amide bonds. The first-order valence-electron chi connectivity index (χ1n) is 6.55. The molecule has 104 valence electrons. The second-order valence-corrected chi connectivity index (χ2v) is 4.82. The van der Waals surface area contributed by atoms with Crippen LogP contribution >= 0.6 is 0 Å². The molecule has 0 bridgehead atoms. The van der Waals surface area contributed by atoms with Gasteiger partial charge in [-0.1, -0.05) is 42.5 Å². The standard InChI is InChI=1S/C17H13NO3/c19-16-10-13(17(20)21)8-9-18(16)11-14-6-3-5-12-4-1-2-7-15(12)14/h1-10H,11H2,(H,20,21). The summed E-state index contributed by atoms with van der Waals surface area (Å²) in [5.74, 6) is -1.09. The molecule has 4 heteroatoms. The predicted octanol–water partition coefficient (Wildman–Crippen LogP) is 2.75. The fourth-order valence-electron chi connectivity index (χ4n) is 2.39. The van der Waals surface area contributed by atoms with Crippen LogP contribution in [-0.2, 0) is 6.54 Å². The topological polar surface area (TPSA) is 59.3 Å². The number of benzene rings is 2. The Morgan fingerprint density at radius 1 is 1.05 bits per heavy atom. The largest absolute Gasteiger partial charge is 0.478 e. The number of hydrogen-bond donors (Lipinski definition) is 1. The third-order valence-corrected chi connectivity index (χ3v) is 3.46. The van der Waals surface area contributed by atoms with Crippen LogP contribution in [0.2, 0.25) is 0 Å². The molecule has 4 nitrogen and oxygen atoms in total. The van der Waals surface area contributed by atoms with Gasteiger partial charge in [0.2, 0.25) is 0 Å². The van der Waals surface area contributed by atoms with E-state index in [1.807, 2.05) is 42.5 Å². The highest BCUT2D eigenvalue weighted by molar-refractivity contribution is 5.87. The van der Waals surface area contributed by atoms with Gasteiger partial charge in [0.25, 0.3) is 5.56 Å². The summed E-state index contributed by atoms with van der Waals surface area (Å²) in [6.07, 6.45) is 1.52. The lowest BCUT2D eigenvalue weighted by Gasteiger charge is -2.09. The van der Waals surface area contributed by atoms with Gasteiger partial charge in [0, 0.05) is 12.3 Å². The molecule has 3 aromatic rings. The summed E-state index contributed by atoms with van der Waals surface area (Å²) >= 11 is 0. The lowest BCUT2D eigenvalue weighted by atomic mass is 10.0. The number of aromatic nitrogens is 1. The summed E-state index contributed by atoms with van der Waals surface area (Å²) < 4.78 is 1.51. The molecule has 0 aliphatic carbocycles. The molecule has 0 radical (unpaired) electrons. The van der Waals surface area contributed by atoms with Crippen LogP contribution in [0.1, 0.15) is 15.9 Å². The smallest absolute Gasteiger partial charge is 0.335 e. The lowest BCUT2D eigenvalue weighted by molar-refractivity contribution is 0.0696. The number of nitrogens with zero attached hydrogens (tertiary/aromatic N) is 1. The number of fused-ring (bicyclic) bond motifs is 1. The van der Waals surface area contributed by atoms with Crippen molar-refractivity contribution in [3.05, 3.63) is 82.3 Å². The second-order valence-electron chi connectivity index (χ2n) is 4.82. The van der Waals surface area contributed by atoms with Crippen LogP contribution in [-0.4, -0.2) is 15.6 Å². The van der Waals surface area contributed by atoms with Crippen molar-refractivity contribution in [2.24, 2.45) is 0 Å². The van der Waals surface area contributed by atoms with Gasteiger partial charge in [0.15, 0.2) is 0 Å². The molecular weight excluding hydrogens is 266 g/mol. The van der Waals surface area contributed by atoms with Crippen molar-refractivity contribution in [2.75, 3.05) is 0 Å². The Balaban J connectivity index is 2.03. The van der Waals surface area contributed by atoms with Gasteiger partial charge in [-0.3, -0.25) is 4.79 Å². The fraction of sp³-hybridized carbons (Fsp3) is 0.0588. The predicted molar refractivity (Wildman–Crippen MR) is 80.7 cm³/mol. The van der Waals surface area contributed by atoms with Gasteiger partial charge in [0.05, 0.1) is 12.1 Å². The molecular formula is C17H13NO3. The zero-order valence-electron chi connectivity index (χ0n) is 11.2. The third-order valence-electron chi connectivity index (χ3n) is 3.46. The summed E-state index contributed by atoms with van der Waals surface area (Å²) in [6, 6.07) is 16.5. The molecule has 1 heterocycles. The number of aromatic carboxylic acids is 1. The maximum absolute atomic E-state index is 12.0. The van der Waals surface area contributed by atoms with Crippen molar-refractivity contribution in [3.8, 4) is 0 Å². The van der Waals surface area contributed by atoms with Crippen LogP contribution in [0.3, 0.4) is 0 Å². The highest BCUT2D eigenvalue weighted by Gasteiger charge is 2.06. The Morgan fingerprint density at radius 2 is 1.81 bits per heavy atom. The molecule has 2 aromatic carbocycles. The number of rotatable bonds is 3. The Labute approximate surface area is 120 Å². The molecule has 0 aliphatic rings. The van der Waals surface area contributed by atoms with Crippen molar-refractivity contribution in [1.29, 1.82) is 0 Å². The van der Waals surface area contributed by atoms with Crippen LogP contribution in [0.25, 0.3) is 10.8 Å².